The fourth-order valence-corrected chi connectivity index (χ4v) is 4.25. The van der Waals surface area contributed by atoms with Gasteiger partial charge in [0.25, 0.3) is 5.91 Å². The van der Waals surface area contributed by atoms with Crippen LogP contribution in [0.15, 0.2) is 48.5 Å². The molecule has 1 aliphatic rings. The number of benzene rings is 2. The van der Waals surface area contributed by atoms with Crippen molar-refractivity contribution in [3.8, 4) is 5.75 Å². The molecule has 0 aromatic heterocycles. The van der Waals surface area contributed by atoms with Crippen LogP contribution in [0.25, 0.3) is 0 Å². The van der Waals surface area contributed by atoms with Crippen molar-refractivity contribution < 1.29 is 14.3 Å². The van der Waals surface area contributed by atoms with Gasteiger partial charge in [0.15, 0.2) is 0 Å². The molecule has 172 valence electrons. The molecule has 3 rings (SSSR count). The van der Waals surface area contributed by atoms with Crippen molar-refractivity contribution in [2.45, 2.75) is 71.4 Å². The van der Waals surface area contributed by atoms with Crippen LogP contribution in [0.3, 0.4) is 0 Å². The van der Waals surface area contributed by atoms with Gasteiger partial charge in [-0.1, -0.05) is 68.1 Å². The number of carbonyl (C=O) groups excluding carboxylic acids is 2. The normalized spacial score (nSPS) is 16.2. The van der Waals surface area contributed by atoms with Crippen LogP contribution in [0.2, 0.25) is 0 Å². The SMILES string of the molecule is CCCCCCN1C(=O)N(Cc2ccc(C)cc2)C(=O)C1CCCc1ccc(OC)cc1. The Hall–Kier alpha value is -2.82. The molecule has 1 atom stereocenters. The summed E-state index contributed by atoms with van der Waals surface area (Å²) >= 11 is 0. The number of urea groups is 1. The Kier molecular flexibility index (Phi) is 8.72. The van der Waals surface area contributed by atoms with Crippen molar-refractivity contribution >= 4 is 11.9 Å². The molecule has 1 heterocycles. The number of rotatable bonds is 12. The van der Waals surface area contributed by atoms with Crippen LogP contribution < -0.4 is 4.74 Å². The summed E-state index contributed by atoms with van der Waals surface area (Å²) in [4.78, 5) is 29.7. The van der Waals surface area contributed by atoms with Gasteiger partial charge in [-0.15, -0.1) is 0 Å². The molecule has 0 radical (unpaired) electrons. The van der Waals surface area contributed by atoms with Gasteiger partial charge >= 0.3 is 6.03 Å². The third-order valence-corrected chi connectivity index (χ3v) is 6.22. The van der Waals surface area contributed by atoms with Gasteiger partial charge in [0.05, 0.1) is 13.7 Å². The van der Waals surface area contributed by atoms with E-state index in [0.717, 1.165) is 49.8 Å². The van der Waals surface area contributed by atoms with Crippen molar-refractivity contribution in [3.05, 3.63) is 65.2 Å². The Balaban J connectivity index is 1.65. The van der Waals surface area contributed by atoms with Crippen LogP contribution in [0.1, 0.15) is 62.1 Å². The summed E-state index contributed by atoms with van der Waals surface area (Å²) in [5, 5.41) is 0. The molecule has 1 saturated heterocycles. The van der Waals surface area contributed by atoms with E-state index < -0.39 is 0 Å². The van der Waals surface area contributed by atoms with E-state index in [-0.39, 0.29) is 18.0 Å². The molecular weight excluding hydrogens is 400 g/mol. The molecule has 5 heteroatoms. The van der Waals surface area contributed by atoms with E-state index in [9.17, 15) is 9.59 Å². The van der Waals surface area contributed by atoms with Crippen molar-refractivity contribution in [2.75, 3.05) is 13.7 Å². The average Bonchev–Trinajstić information content (AvgIpc) is 3.02. The molecule has 1 aliphatic heterocycles. The van der Waals surface area contributed by atoms with E-state index in [1.54, 1.807) is 7.11 Å². The number of imide groups is 1. The molecule has 0 N–H and O–H groups in total. The zero-order valence-corrected chi connectivity index (χ0v) is 19.7. The number of hydrogen-bond acceptors (Lipinski definition) is 3. The molecule has 2 aromatic carbocycles. The van der Waals surface area contributed by atoms with Crippen LogP contribution in [-0.2, 0) is 17.8 Å². The second-order valence-corrected chi connectivity index (χ2v) is 8.70. The lowest BCUT2D eigenvalue weighted by Gasteiger charge is -2.22. The average molecular weight is 437 g/mol. The predicted octanol–water partition coefficient (Wildman–Crippen LogP) is 5.74. The van der Waals surface area contributed by atoms with Crippen molar-refractivity contribution in [3.63, 3.8) is 0 Å². The van der Waals surface area contributed by atoms with Gasteiger partial charge in [0, 0.05) is 6.54 Å². The molecule has 0 aliphatic carbocycles. The molecule has 1 fully saturated rings. The van der Waals surface area contributed by atoms with Crippen LogP contribution in [0, 0.1) is 6.92 Å². The maximum absolute atomic E-state index is 13.3. The van der Waals surface area contributed by atoms with Gasteiger partial charge in [-0.2, -0.15) is 0 Å². The van der Waals surface area contributed by atoms with Gasteiger partial charge in [-0.3, -0.25) is 9.69 Å². The number of unbranched alkanes of at least 4 members (excludes halogenated alkanes) is 3. The molecule has 0 saturated carbocycles. The first-order chi connectivity index (χ1) is 15.5. The highest BCUT2D eigenvalue weighted by Crippen LogP contribution is 2.25. The summed E-state index contributed by atoms with van der Waals surface area (Å²) in [6.07, 6.45) is 6.77. The Labute approximate surface area is 192 Å². The summed E-state index contributed by atoms with van der Waals surface area (Å²) in [5.41, 5.74) is 3.37. The number of carbonyl (C=O) groups is 2. The molecule has 0 bridgehead atoms. The van der Waals surface area contributed by atoms with E-state index in [2.05, 4.69) is 19.1 Å². The molecule has 32 heavy (non-hydrogen) atoms. The van der Waals surface area contributed by atoms with E-state index in [0.29, 0.717) is 19.5 Å². The number of methoxy groups -OCH3 is 1. The summed E-state index contributed by atoms with van der Waals surface area (Å²) in [6.45, 7) is 5.21. The number of amides is 3. The summed E-state index contributed by atoms with van der Waals surface area (Å²) < 4.78 is 5.22. The first-order valence-corrected chi connectivity index (χ1v) is 11.8. The first kappa shape index (κ1) is 23.8. The molecular formula is C27H36N2O3. The van der Waals surface area contributed by atoms with Crippen molar-refractivity contribution in [1.29, 1.82) is 0 Å². The smallest absolute Gasteiger partial charge is 0.327 e. The highest BCUT2D eigenvalue weighted by Gasteiger charge is 2.44. The Morgan fingerprint density at radius 1 is 0.875 bits per heavy atom. The lowest BCUT2D eigenvalue weighted by atomic mass is 10.0. The third kappa shape index (κ3) is 6.12. The monoisotopic (exact) mass is 436 g/mol. The van der Waals surface area contributed by atoms with E-state index in [4.69, 9.17) is 4.74 Å². The molecule has 2 aromatic rings. The Bertz CT molecular complexity index is 877. The summed E-state index contributed by atoms with van der Waals surface area (Å²) in [7, 11) is 1.66. The minimum atomic E-state index is -0.354. The standard InChI is InChI=1S/C27H36N2O3/c1-4-5-6-7-19-28-25(10-8-9-22-15-17-24(32-3)18-16-22)26(30)29(27(28)31)20-23-13-11-21(2)12-14-23/h11-18,25H,4-10,19-20H2,1-3H3. The number of hydrogen-bond donors (Lipinski definition) is 0. The number of nitrogens with zero attached hydrogens (tertiary/aromatic N) is 2. The second-order valence-electron chi connectivity index (χ2n) is 8.70. The maximum Gasteiger partial charge on any atom is 0.327 e. The number of ether oxygens (including phenoxy) is 1. The van der Waals surface area contributed by atoms with Gasteiger partial charge < -0.3 is 9.64 Å². The van der Waals surface area contributed by atoms with Gasteiger partial charge in [-0.05, 0) is 55.9 Å². The maximum atomic E-state index is 13.3. The lowest BCUT2D eigenvalue weighted by molar-refractivity contribution is -0.128. The van der Waals surface area contributed by atoms with E-state index in [1.807, 2.05) is 48.2 Å². The topological polar surface area (TPSA) is 49.9 Å². The van der Waals surface area contributed by atoms with Crippen molar-refractivity contribution in [2.24, 2.45) is 0 Å². The molecule has 5 nitrogen and oxygen atoms in total. The van der Waals surface area contributed by atoms with Gasteiger partial charge in [0.2, 0.25) is 0 Å². The Morgan fingerprint density at radius 2 is 1.56 bits per heavy atom. The minimum absolute atomic E-state index is 0.0548. The fourth-order valence-electron chi connectivity index (χ4n) is 4.25. The molecule has 0 spiro atoms. The second kappa shape index (κ2) is 11.7. The van der Waals surface area contributed by atoms with E-state index in [1.165, 1.54) is 16.0 Å². The fraction of sp³-hybridized carbons (Fsp3) is 0.481. The highest BCUT2D eigenvalue weighted by molar-refractivity contribution is 6.04. The largest absolute Gasteiger partial charge is 0.497 e. The van der Waals surface area contributed by atoms with E-state index >= 15 is 0 Å². The van der Waals surface area contributed by atoms with Crippen LogP contribution in [-0.4, -0.2) is 41.4 Å². The summed E-state index contributed by atoms with van der Waals surface area (Å²) in [6, 6.07) is 15.6. The van der Waals surface area contributed by atoms with Crippen molar-refractivity contribution in [1.82, 2.24) is 9.80 Å². The lowest BCUT2D eigenvalue weighted by Crippen LogP contribution is -2.36. The molecule has 1 unspecified atom stereocenters. The molecule has 3 amide bonds. The zero-order chi connectivity index (χ0) is 22.9. The van der Waals surface area contributed by atoms with Crippen LogP contribution >= 0.6 is 0 Å². The van der Waals surface area contributed by atoms with Gasteiger partial charge in [0.1, 0.15) is 11.8 Å². The van der Waals surface area contributed by atoms with Gasteiger partial charge in [-0.25, -0.2) is 4.79 Å². The predicted molar refractivity (Wildman–Crippen MR) is 128 cm³/mol. The zero-order valence-electron chi connectivity index (χ0n) is 19.7. The Morgan fingerprint density at radius 3 is 2.22 bits per heavy atom. The first-order valence-electron chi connectivity index (χ1n) is 11.8. The quantitative estimate of drug-likeness (QED) is 0.315. The van der Waals surface area contributed by atoms with Crippen LogP contribution in [0.4, 0.5) is 4.79 Å². The highest BCUT2D eigenvalue weighted by atomic mass is 16.5. The van der Waals surface area contributed by atoms with Crippen LogP contribution in [0.5, 0.6) is 5.75 Å². The number of aryl methyl sites for hydroxylation is 2. The third-order valence-electron chi connectivity index (χ3n) is 6.22. The minimum Gasteiger partial charge on any atom is -0.497 e. The summed E-state index contributed by atoms with van der Waals surface area (Å²) in [5.74, 6) is 0.788.